The molecule has 1 amide bonds. The highest BCUT2D eigenvalue weighted by Gasteiger charge is 1.99. The van der Waals surface area contributed by atoms with Gasteiger partial charge in [0, 0.05) is 19.5 Å². The first kappa shape index (κ1) is 25.4. The predicted molar refractivity (Wildman–Crippen MR) is 120 cm³/mol. The molecule has 0 radical (unpaired) electrons. The number of nitrogens with one attached hydrogen (secondary N) is 1. The Bertz CT molecular complexity index is 447. The van der Waals surface area contributed by atoms with Gasteiger partial charge in [0.1, 0.15) is 0 Å². The third kappa shape index (κ3) is 22.3. The lowest BCUT2D eigenvalue weighted by molar-refractivity contribution is -0.121. The molecular weight excluding hydrogens is 332 g/mol. The number of hydrogen-bond donors (Lipinski definition) is 1. The number of unbranched alkanes of at least 4 members (excludes halogenated alkanes) is 4. The van der Waals surface area contributed by atoms with Crippen LogP contribution in [0.5, 0.6) is 0 Å². The molecule has 0 saturated heterocycles. The Morgan fingerprint density at radius 1 is 0.778 bits per heavy atom. The van der Waals surface area contributed by atoms with E-state index in [2.05, 4.69) is 65.7 Å². The van der Waals surface area contributed by atoms with Crippen LogP contribution in [0.4, 0.5) is 0 Å². The Kier molecular flexibility index (Phi) is 19.5. The first-order valence-corrected chi connectivity index (χ1v) is 10.7. The second-order valence-corrected chi connectivity index (χ2v) is 7.13. The maximum Gasteiger partial charge on any atom is 0.220 e. The fourth-order valence-electron chi connectivity index (χ4n) is 2.45. The van der Waals surface area contributed by atoms with Crippen molar-refractivity contribution in [2.45, 2.75) is 71.1 Å². The van der Waals surface area contributed by atoms with Crippen molar-refractivity contribution in [3.05, 3.63) is 48.6 Å². The van der Waals surface area contributed by atoms with Crippen LogP contribution in [0.3, 0.4) is 0 Å². The topological polar surface area (TPSA) is 32.3 Å². The molecule has 0 fully saturated rings. The van der Waals surface area contributed by atoms with Gasteiger partial charge in [0.2, 0.25) is 5.91 Å². The molecule has 0 aliphatic heterocycles. The zero-order chi connectivity index (χ0) is 20.0. The van der Waals surface area contributed by atoms with Crippen LogP contribution in [0.25, 0.3) is 0 Å². The van der Waals surface area contributed by atoms with E-state index in [-0.39, 0.29) is 5.91 Å². The summed E-state index contributed by atoms with van der Waals surface area (Å²) in [5.41, 5.74) is 0. The van der Waals surface area contributed by atoms with E-state index in [1.165, 1.54) is 25.7 Å². The third-order valence-electron chi connectivity index (χ3n) is 4.11. The van der Waals surface area contributed by atoms with Crippen LogP contribution >= 0.6 is 0 Å². The fraction of sp³-hybridized carbons (Fsp3) is 0.625. The first-order chi connectivity index (χ1) is 13.2. The van der Waals surface area contributed by atoms with Crippen molar-refractivity contribution in [1.29, 1.82) is 0 Å². The molecule has 0 heterocycles. The lowest BCUT2D eigenvalue weighted by atomic mass is 10.2. The molecule has 1 N–H and O–H groups in total. The predicted octanol–water partition coefficient (Wildman–Crippen LogP) is 5.81. The lowest BCUT2D eigenvalue weighted by Crippen LogP contribution is -2.31. The second-order valence-electron chi connectivity index (χ2n) is 7.13. The zero-order valence-corrected chi connectivity index (χ0v) is 18.0. The minimum Gasteiger partial charge on any atom is -0.355 e. The van der Waals surface area contributed by atoms with E-state index in [1.807, 2.05) is 14.1 Å². The van der Waals surface area contributed by atoms with Crippen molar-refractivity contribution < 1.29 is 4.79 Å². The van der Waals surface area contributed by atoms with Crippen LogP contribution in [0.15, 0.2) is 48.6 Å². The summed E-state index contributed by atoms with van der Waals surface area (Å²) >= 11 is 0. The highest BCUT2D eigenvalue weighted by Crippen LogP contribution is 2.01. The quantitative estimate of drug-likeness (QED) is 0.257. The summed E-state index contributed by atoms with van der Waals surface area (Å²) < 4.78 is 0. The highest BCUT2D eigenvalue weighted by atomic mass is 16.1. The van der Waals surface area contributed by atoms with Crippen molar-refractivity contribution in [3.8, 4) is 0 Å². The second kappa shape index (κ2) is 20.7. The van der Waals surface area contributed by atoms with E-state index in [0.717, 1.165) is 45.2 Å². The monoisotopic (exact) mass is 374 g/mol. The van der Waals surface area contributed by atoms with Gasteiger partial charge in [-0.2, -0.15) is 0 Å². The van der Waals surface area contributed by atoms with E-state index in [4.69, 9.17) is 0 Å². The van der Waals surface area contributed by atoms with Crippen LogP contribution in [-0.4, -0.2) is 38.0 Å². The summed E-state index contributed by atoms with van der Waals surface area (Å²) in [6.45, 7) is 3.87. The van der Waals surface area contributed by atoms with Crippen molar-refractivity contribution in [1.82, 2.24) is 10.2 Å². The van der Waals surface area contributed by atoms with Crippen molar-refractivity contribution >= 4 is 5.91 Å². The molecule has 154 valence electrons. The summed E-state index contributed by atoms with van der Waals surface area (Å²) in [5.74, 6) is 0.160. The zero-order valence-electron chi connectivity index (χ0n) is 18.0. The molecule has 0 aromatic rings. The summed E-state index contributed by atoms with van der Waals surface area (Å²) in [5, 5.41) is 2.94. The fourth-order valence-corrected chi connectivity index (χ4v) is 2.45. The molecule has 27 heavy (non-hydrogen) atoms. The summed E-state index contributed by atoms with van der Waals surface area (Å²) in [4.78, 5) is 13.7. The molecule has 0 atom stereocenters. The number of carbonyl (C=O) groups excluding carboxylic acids is 1. The average molecular weight is 375 g/mol. The van der Waals surface area contributed by atoms with Gasteiger partial charge in [-0.25, -0.2) is 0 Å². The van der Waals surface area contributed by atoms with Crippen LogP contribution in [0.2, 0.25) is 0 Å². The Morgan fingerprint density at radius 2 is 1.30 bits per heavy atom. The Morgan fingerprint density at radius 3 is 1.81 bits per heavy atom. The maximum absolute atomic E-state index is 11.6. The number of allylic oxidation sites excluding steroid dienone is 8. The first-order valence-electron chi connectivity index (χ1n) is 10.7. The molecule has 0 bridgehead atoms. The largest absolute Gasteiger partial charge is 0.355 e. The molecule has 3 nitrogen and oxygen atoms in total. The maximum atomic E-state index is 11.6. The number of carbonyl (C=O) groups is 1. The minimum absolute atomic E-state index is 0.160. The van der Waals surface area contributed by atoms with Crippen LogP contribution < -0.4 is 5.32 Å². The number of likely N-dealkylation sites (N-methyl/N-ethyl adjacent to an activating group) is 1. The van der Waals surface area contributed by atoms with Gasteiger partial charge in [-0.1, -0.05) is 68.4 Å². The van der Waals surface area contributed by atoms with Crippen molar-refractivity contribution in [2.75, 3.05) is 27.2 Å². The molecule has 0 rings (SSSR count). The molecular formula is C24H42N2O. The van der Waals surface area contributed by atoms with E-state index < -0.39 is 0 Å². The molecule has 0 saturated carbocycles. The van der Waals surface area contributed by atoms with Gasteiger partial charge in [0.05, 0.1) is 0 Å². The third-order valence-corrected chi connectivity index (χ3v) is 4.11. The smallest absolute Gasteiger partial charge is 0.220 e. The molecule has 0 aromatic carbocycles. The highest BCUT2D eigenvalue weighted by molar-refractivity contribution is 5.75. The van der Waals surface area contributed by atoms with Gasteiger partial charge in [-0.3, -0.25) is 4.79 Å². The lowest BCUT2D eigenvalue weighted by Gasteiger charge is -2.09. The summed E-state index contributed by atoms with van der Waals surface area (Å²) in [7, 11) is 4.02. The number of nitrogens with zero attached hydrogens (tertiary/aromatic N) is 1. The van der Waals surface area contributed by atoms with Gasteiger partial charge < -0.3 is 10.2 Å². The molecule has 0 aliphatic carbocycles. The minimum atomic E-state index is 0.160. The molecule has 0 spiro atoms. The van der Waals surface area contributed by atoms with E-state index in [9.17, 15) is 4.79 Å². The van der Waals surface area contributed by atoms with E-state index >= 15 is 0 Å². The normalized spacial score (nSPS) is 12.4. The van der Waals surface area contributed by atoms with Crippen molar-refractivity contribution in [2.24, 2.45) is 0 Å². The summed E-state index contributed by atoms with van der Waals surface area (Å²) in [6.07, 6.45) is 28.5. The standard InChI is InChI=1S/C24H42N2O/c1-4-5-6-7-8-9-10-11-12-13-14-15-16-17-18-19-20-21-24(27)25-22-23-26(2)3/h8-9,11-12,14-15,17-18H,4-7,10,13,16,19-23H2,1-3H3,(H,25,27)/b9-8-,12-11-,15-14-,18-17-. The molecule has 0 unspecified atom stereocenters. The van der Waals surface area contributed by atoms with Gasteiger partial charge in [-0.15, -0.1) is 0 Å². The molecule has 3 heteroatoms. The van der Waals surface area contributed by atoms with Crippen LogP contribution in [0, 0.1) is 0 Å². The number of hydrogen-bond acceptors (Lipinski definition) is 2. The Balaban J connectivity index is 3.47. The molecule has 0 aliphatic rings. The SMILES string of the molecule is CCCCC/C=C\C/C=C\C/C=C\C/C=C\CCCC(=O)NCCN(C)C. The van der Waals surface area contributed by atoms with E-state index in [1.54, 1.807) is 0 Å². The van der Waals surface area contributed by atoms with Gasteiger partial charge in [0.25, 0.3) is 0 Å². The van der Waals surface area contributed by atoms with Crippen molar-refractivity contribution in [3.63, 3.8) is 0 Å². The average Bonchev–Trinajstić information content (AvgIpc) is 2.64. The number of rotatable bonds is 17. The van der Waals surface area contributed by atoms with E-state index in [0.29, 0.717) is 6.42 Å². The van der Waals surface area contributed by atoms with Gasteiger partial charge in [-0.05, 0) is 59.0 Å². The Labute approximate surface area is 168 Å². The number of amides is 1. The van der Waals surface area contributed by atoms with Gasteiger partial charge in [0.15, 0.2) is 0 Å². The summed E-state index contributed by atoms with van der Waals surface area (Å²) in [6, 6.07) is 0. The van der Waals surface area contributed by atoms with Crippen LogP contribution in [-0.2, 0) is 4.79 Å². The molecule has 0 aromatic heterocycles. The van der Waals surface area contributed by atoms with Crippen LogP contribution in [0.1, 0.15) is 71.1 Å². The Hall–Kier alpha value is -1.61. The van der Waals surface area contributed by atoms with Gasteiger partial charge >= 0.3 is 0 Å².